The van der Waals surface area contributed by atoms with Gasteiger partial charge in [-0.05, 0) is 67.1 Å². The number of nitrogens with zero attached hydrogens (tertiary/aromatic N) is 3. The van der Waals surface area contributed by atoms with Gasteiger partial charge in [-0.15, -0.1) is 0 Å². The number of aromatic nitrogens is 1. The van der Waals surface area contributed by atoms with Crippen molar-refractivity contribution in [2.75, 3.05) is 23.3 Å². The van der Waals surface area contributed by atoms with E-state index in [9.17, 15) is 15.2 Å². The van der Waals surface area contributed by atoms with Crippen LogP contribution in [0.2, 0.25) is 0 Å². The van der Waals surface area contributed by atoms with Crippen LogP contribution in [0.3, 0.4) is 0 Å². The number of piperidine rings is 1. The molecule has 0 aliphatic carbocycles. The van der Waals surface area contributed by atoms with Crippen LogP contribution in [-0.2, 0) is 5.60 Å². The average molecular weight is 503 g/mol. The van der Waals surface area contributed by atoms with Gasteiger partial charge < -0.3 is 15.3 Å². The summed E-state index contributed by atoms with van der Waals surface area (Å²) < 4.78 is 0. The maximum absolute atomic E-state index is 12.7. The van der Waals surface area contributed by atoms with Gasteiger partial charge in [0.15, 0.2) is 0 Å². The van der Waals surface area contributed by atoms with Crippen molar-refractivity contribution in [3.05, 3.63) is 125 Å². The molecule has 2 heterocycles. The highest BCUT2D eigenvalue weighted by Crippen LogP contribution is 2.42. The zero-order valence-electron chi connectivity index (χ0n) is 21.3. The number of hydrogen-bond donors (Lipinski definition) is 2. The molecule has 1 aliphatic rings. The molecule has 6 heteroatoms. The molecule has 2 N–H and O–H groups in total. The lowest BCUT2D eigenvalue weighted by Crippen LogP contribution is -2.44. The Bertz CT molecular complexity index is 1420. The lowest BCUT2D eigenvalue weighted by atomic mass is 9.72. The number of benzene rings is 3. The second kappa shape index (κ2) is 10.9. The van der Waals surface area contributed by atoms with E-state index in [0.717, 1.165) is 29.7 Å². The Balaban J connectivity index is 1.34. The van der Waals surface area contributed by atoms with Crippen molar-refractivity contribution in [3.8, 4) is 6.07 Å². The van der Waals surface area contributed by atoms with Crippen molar-refractivity contribution < 1.29 is 9.90 Å². The van der Waals surface area contributed by atoms with E-state index in [1.807, 2.05) is 72.8 Å². The maximum atomic E-state index is 12.7. The zero-order valence-corrected chi connectivity index (χ0v) is 21.3. The Morgan fingerprint density at radius 2 is 1.61 bits per heavy atom. The van der Waals surface area contributed by atoms with E-state index >= 15 is 0 Å². The van der Waals surface area contributed by atoms with Crippen molar-refractivity contribution in [3.63, 3.8) is 0 Å². The van der Waals surface area contributed by atoms with Gasteiger partial charge in [-0.25, -0.2) is 0 Å². The second-order valence-corrected chi connectivity index (χ2v) is 9.69. The van der Waals surface area contributed by atoms with Gasteiger partial charge in [-0.3, -0.25) is 9.78 Å². The first-order valence-corrected chi connectivity index (χ1v) is 12.9. The molecule has 1 aliphatic heterocycles. The number of anilines is 2. The van der Waals surface area contributed by atoms with Gasteiger partial charge in [0, 0.05) is 30.7 Å². The normalized spacial score (nSPS) is 14.1. The van der Waals surface area contributed by atoms with Crippen LogP contribution in [0, 0.1) is 24.2 Å². The van der Waals surface area contributed by atoms with Crippen molar-refractivity contribution in [2.24, 2.45) is 5.92 Å². The lowest BCUT2D eigenvalue weighted by Gasteiger charge is -2.43. The summed E-state index contributed by atoms with van der Waals surface area (Å²) in [4.78, 5) is 19.1. The second-order valence-electron chi connectivity index (χ2n) is 9.69. The van der Waals surface area contributed by atoms with Crippen LogP contribution >= 0.6 is 0 Å². The Kier molecular flexibility index (Phi) is 7.21. The van der Waals surface area contributed by atoms with Crippen molar-refractivity contribution in [1.29, 1.82) is 5.26 Å². The molecule has 190 valence electrons. The smallest absolute Gasteiger partial charge is 0.257 e. The number of aliphatic hydroxyl groups is 1. The zero-order chi connectivity index (χ0) is 26.5. The molecule has 4 aromatic rings. The molecule has 0 atom stereocenters. The number of carbonyl (C=O) groups excluding carboxylic acids is 1. The standard InChI is InChI=1S/C32H30N4O2/c1-23-29(13-8-18-34-23)31(37)35-28-14-15-30(24(21-28)22-33)36-19-16-27(17-20-36)32(38,25-9-4-2-5-10-25)26-11-6-3-7-12-26/h2-15,18,21,27,38H,16-17,19-20H2,1H3,(H,35,37). The van der Waals surface area contributed by atoms with Gasteiger partial charge in [0.25, 0.3) is 5.91 Å². The summed E-state index contributed by atoms with van der Waals surface area (Å²) in [5.74, 6) is -0.232. The van der Waals surface area contributed by atoms with Crippen molar-refractivity contribution >= 4 is 17.3 Å². The van der Waals surface area contributed by atoms with Gasteiger partial charge in [0.05, 0.1) is 16.8 Å². The molecule has 5 rings (SSSR count). The minimum atomic E-state index is -1.09. The lowest BCUT2D eigenvalue weighted by molar-refractivity contribution is 0.00505. The summed E-state index contributed by atoms with van der Waals surface area (Å²) in [6.45, 7) is 3.21. The van der Waals surface area contributed by atoms with Crippen LogP contribution in [-0.4, -0.2) is 29.1 Å². The van der Waals surface area contributed by atoms with E-state index < -0.39 is 5.60 Å². The van der Waals surface area contributed by atoms with Gasteiger partial charge in [0.1, 0.15) is 11.7 Å². The van der Waals surface area contributed by atoms with Crippen molar-refractivity contribution in [1.82, 2.24) is 4.98 Å². The molecular weight excluding hydrogens is 472 g/mol. The molecule has 1 fully saturated rings. The van der Waals surface area contributed by atoms with E-state index in [4.69, 9.17) is 0 Å². The fourth-order valence-electron chi connectivity index (χ4n) is 5.46. The quantitative estimate of drug-likeness (QED) is 0.355. The molecule has 0 bridgehead atoms. The third-order valence-electron chi connectivity index (χ3n) is 7.48. The number of hydrogen-bond acceptors (Lipinski definition) is 5. The molecule has 0 radical (unpaired) electrons. The number of pyridine rings is 1. The minimum absolute atomic E-state index is 0.0235. The average Bonchev–Trinajstić information content (AvgIpc) is 2.98. The molecule has 38 heavy (non-hydrogen) atoms. The van der Waals surface area contributed by atoms with Gasteiger partial charge in [0.2, 0.25) is 0 Å². The molecule has 6 nitrogen and oxygen atoms in total. The van der Waals surface area contributed by atoms with Crippen LogP contribution in [0.15, 0.2) is 97.2 Å². The molecule has 0 saturated carbocycles. The highest BCUT2D eigenvalue weighted by atomic mass is 16.3. The number of aryl methyl sites for hydroxylation is 1. The number of nitriles is 1. The molecule has 3 aromatic carbocycles. The number of rotatable bonds is 6. The summed E-state index contributed by atoms with van der Waals surface area (Å²) in [7, 11) is 0. The van der Waals surface area contributed by atoms with E-state index in [1.54, 1.807) is 31.3 Å². The number of amides is 1. The largest absolute Gasteiger partial charge is 0.380 e. The molecule has 0 unspecified atom stereocenters. The van der Waals surface area contributed by atoms with E-state index in [-0.39, 0.29) is 11.8 Å². The van der Waals surface area contributed by atoms with E-state index in [0.29, 0.717) is 35.6 Å². The Morgan fingerprint density at radius 1 is 0.974 bits per heavy atom. The van der Waals surface area contributed by atoms with Crippen LogP contribution in [0.25, 0.3) is 0 Å². The van der Waals surface area contributed by atoms with E-state index in [2.05, 4.69) is 21.3 Å². The first-order chi connectivity index (χ1) is 18.5. The van der Waals surface area contributed by atoms with Crippen LogP contribution in [0.1, 0.15) is 45.6 Å². The predicted molar refractivity (Wildman–Crippen MR) is 149 cm³/mol. The Hall–Kier alpha value is -4.47. The maximum Gasteiger partial charge on any atom is 0.257 e. The first kappa shape index (κ1) is 25.2. The summed E-state index contributed by atoms with van der Waals surface area (Å²) in [6.07, 6.45) is 3.19. The SMILES string of the molecule is Cc1ncccc1C(=O)Nc1ccc(N2CCC(C(O)(c3ccccc3)c3ccccc3)CC2)c(C#N)c1. The number of nitrogens with one attached hydrogen (secondary N) is 1. The van der Waals surface area contributed by atoms with Gasteiger partial charge in [-0.1, -0.05) is 60.7 Å². The summed E-state index contributed by atoms with van der Waals surface area (Å²) in [6, 6.07) is 31.0. The number of carbonyl (C=O) groups is 1. The highest BCUT2D eigenvalue weighted by molar-refractivity contribution is 6.05. The summed E-state index contributed by atoms with van der Waals surface area (Å²) >= 11 is 0. The van der Waals surface area contributed by atoms with Gasteiger partial charge >= 0.3 is 0 Å². The fourth-order valence-corrected chi connectivity index (χ4v) is 5.46. The third-order valence-corrected chi connectivity index (χ3v) is 7.48. The molecular formula is C32H30N4O2. The Labute approximate surface area is 223 Å². The molecule has 1 amide bonds. The fraction of sp³-hybridized carbons (Fsp3) is 0.219. The van der Waals surface area contributed by atoms with Crippen LogP contribution in [0.5, 0.6) is 0 Å². The summed E-state index contributed by atoms with van der Waals surface area (Å²) in [5.41, 5.74) is 3.76. The molecule has 0 spiro atoms. The first-order valence-electron chi connectivity index (χ1n) is 12.9. The topological polar surface area (TPSA) is 89.2 Å². The monoisotopic (exact) mass is 502 g/mol. The van der Waals surface area contributed by atoms with Crippen molar-refractivity contribution in [2.45, 2.75) is 25.4 Å². The summed E-state index contributed by atoms with van der Waals surface area (Å²) in [5, 5.41) is 24.9. The molecule has 1 aromatic heterocycles. The van der Waals surface area contributed by atoms with Crippen LogP contribution < -0.4 is 10.2 Å². The highest BCUT2D eigenvalue weighted by Gasteiger charge is 2.41. The predicted octanol–water partition coefficient (Wildman–Crippen LogP) is 5.67. The third kappa shape index (κ3) is 4.89. The minimum Gasteiger partial charge on any atom is -0.380 e. The molecule has 1 saturated heterocycles. The van der Waals surface area contributed by atoms with Crippen LogP contribution in [0.4, 0.5) is 11.4 Å². The Morgan fingerprint density at radius 3 is 2.18 bits per heavy atom. The van der Waals surface area contributed by atoms with Gasteiger partial charge in [-0.2, -0.15) is 5.26 Å². The van der Waals surface area contributed by atoms with E-state index in [1.165, 1.54) is 0 Å².